The van der Waals surface area contributed by atoms with Gasteiger partial charge in [0, 0.05) is 6.54 Å². The highest BCUT2D eigenvalue weighted by Gasteiger charge is 2.33. The van der Waals surface area contributed by atoms with E-state index in [-0.39, 0.29) is 40.1 Å². The summed E-state index contributed by atoms with van der Waals surface area (Å²) in [6.45, 7) is 7.61. The van der Waals surface area contributed by atoms with E-state index in [1.165, 1.54) is 6.92 Å². The first-order chi connectivity index (χ1) is 16.8. The van der Waals surface area contributed by atoms with Crippen molar-refractivity contribution in [1.29, 1.82) is 5.41 Å². The molecule has 8 N–H and O–H groups in total. The number of anilines is 2. The molecule has 2 rings (SSSR count). The number of carbonyl (C=O) groups excluding carboxylic acids is 2. The van der Waals surface area contributed by atoms with Gasteiger partial charge in [0.05, 0.1) is 11.3 Å². The molecular weight excluding hydrogens is 510 g/mol. The molecule has 2 heterocycles. The molecule has 1 amide bonds. The SMILES string of the molecule is CC(=O)[C@@H](NS(=O)(=O)C1CCN(CCCCNC(=N)NC(=O)c2nc(Cl)c(N)nc2N)CC1)C(C)C. The van der Waals surface area contributed by atoms with Crippen molar-refractivity contribution in [3.8, 4) is 0 Å². The van der Waals surface area contributed by atoms with Crippen LogP contribution in [0.15, 0.2) is 0 Å². The molecule has 0 unspecified atom stereocenters. The van der Waals surface area contributed by atoms with E-state index in [1.807, 2.05) is 13.8 Å². The van der Waals surface area contributed by atoms with Gasteiger partial charge in [-0.15, -0.1) is 0 Å². The number of guanidine groups is 1. The lowest BCUT2D eigenvalue weighted by Gasteiger charge is -2.32. The summed E-state index contributed by atoms with van der Waals surface area (Å²) >= 11 is 5.77. The van der Waals surface area contributed by atoms with Crippen LogP contribution in [0, 0.1) is 11.3 Å². The van der Waals surface area contributed by atoms with Gasteiger partial charge in [-0.05, 0) is 58.2 Å². The number of hydrogen-bond donors (Lipinski definition) is 6. The van der Waals surface area contributed by atoms with Crippen molar-refractivity contribution in [3.05, 3.63) is 10.8 Å². The van der Waals surface area contributed by atoms with E-state index < -0.39 is 27.2 Å². The van der Waals surface area contributed by atoms with Gasteiger partial charge in [-0.2, -0.15) is 0 Å². The number of likely N-dealkylation sites (tertiary alicyclic amines) is 1. The summed E-state index contributed by atoms with van der Waals surface area (Å²) in [6, 6.07) is -0.696. The summed E-state index contributed by atoms with van der Waals surface area (Å²) in [6.07, 6.45) is 2.58. The zero-order valence-electron chi connectivity index (χ0n) is 20.8. The first-order valence-corrected chi connectivity index (χ1v) is 13.7. The minimum absolute atomic E-state index is 0.0887. The number of hydrogen-bond acceptors (Lipinski definition) is 10. The first-order valence-electron chi connectivity index (χ1n) is 11.8. The molecule has 15 heteroatoms. The second-order valence-corrected chi connectivity index (χ2v) is 11.5. The molecule has 0 aliphatic carbocycles. The average molecular weight is 546 g/mol. The smallest absolute Gasteiger partial charge is 0.280 e. The van der Waals surface area contributed by atoms with Crippen molar-refractivity contribution in [3.63, 3.8) is 0 Å². The number of ketones is 1. The summed E-state index contributed by atoms with van der Waals surface area (Å²) in [5.74, 6) is -1.50. The number of nitrogens with one attached hydrogen (secondary N) is 4. The monoisotopic (exact) mass is 545 g/mol. The minimum Gasteiger partial charge on any atom is -0.382 e. The van der Waals surface area contributed by atoms with E-state index >= 15 is 0 Å². The first kappa shape index (κ1) is 29.7. The Hall–Kier alpha value is -2.55. The Labute approximate surface area is 216 Å². The molecule has 1 saturated heterocycles. The Morgan fingerprint density at radius 1 is 1.17 bits per heavy atom. The predicted molar refractivity (Wildman–Crippen MR) is 139 cm³/mol. The van der Waals surface area contributed by atoms with Crippen LogP contribution in [-0.4, -0.2) is 78.4 Å². The van der Waals surface area contributed by atoms with Crippen LogP contribution in [0.25, 0.3) is 0 Å². The number of nitrogens with zero attached hydrogens (tertiary/aromatic N) is 3. The summed E-state index contributed by atoms with van der Waals surface area (Å²) in [4.78, 5) is 33.7. The molecule has 0 bridgehead atoms. The summed E-state index contributed by atoms with van der Waals surface area (Å²) < 4.78 is 28.0. The molecule has 1 aliphatic heterocycles. The Morgan fingerprint density at radius 3 is 2.39 bits per heavy atom. The molecule has 36 heavy (non-hydrogen) atoms. The molecule has 1 aromatic rings. The number of halogens is 1. The van der Waals surface area contributed by atoms with Crippen LogP contribution in [0.1, 0.15) is 56.9 Å². The third-order valence-electron chi connectivity index (χ3n) is 5.93. The Bertz CT molecular complexity index is 1060. The number of sulfonamides is 1. The quantitative estimate of drug-likeness (QED) is 0.127. The second-order valence-electron chi connectivity index (χ2n) is 9.13. The highest BCUT2D eigenvalue weighted by Crippen LogP contribution is 2.19. The maximum Gasteiger partial charge on any atom is 0.280 e. The Kier molecular flexibility index (Phi) is 10.8. The highest BCUT2D eigenvalue weighted by atomic mass is 35.5. The van der Waals surface area contributed by atoms with Crippen molar-refractivity contribution in [2.75, 3.05) is 37.6 Å². The molecule has 0 radical (unpaired) electrons. The molecule has 1 fully saturated rings. The lowest BCUT2D eigenvalue weighted by molar-refractivity contribution is -0.119. The van der Waals surface area contributed by atoms with Crippen LogP contribution in [0.2, 0.25) is 5.15 Å². The fraction of sp³-hybridized carbons (Fsp3) is 0.667. The van der Waals surface area contributed by atoms with Crippen molar-refractivity contribution < 1.29 is 18.0 Å². The van der Waals surface area contributed by atoms with Gasteiger partial charge in [0.2, 0.25) is 10.0 Å². The number of rotatable bonds is 11. The molecule has 202 valence electrons. The van der Waals surface area contributed by atoms with Crippen LogP contribution >= 0.6 is 11.6 Å². The van der Waals surface area contributed by atoms with Crippen molar-refractivity contribution in [2.45, 2.75) is 57.7 Å². The molecule has 1 atom stereocenters. The zero-order chi connectivity index (χ0) is 27.0. The highest BCUT2D eigenvalue weighted by molar-refractivity contribution is 7.90. The fourth-order valence-corrected chi connectivity index (χ4v) is 5.85. The van der Waals surface area contributed by atoms with E-state index in [9.17, 15) is 18.0 Å². The van der Waals surface area contributed by atoms with Gasteiger partial charge >= 0.3 is 0 Å². The van der Waals surface area contributed by atoms with Crippen LogP contribution in [0.5, 0.6) is 0 Å². The molecular formula is C21H36ClN9O4S. The summed E-state index contributed by atoms with van der Waals surface area (Å²) in [5, 5.41) is 12.3. The van der Waals surface area contributed by atoms with Crippen molar-refractivity contribution in [2.24, 2.45) is 5.92 Å². The maximum atomic E-state index is 12.7. The lowest BCUT2D eigenvalue weighted by atomic mass is 10.0. The van der Waals surface area contributed by atoms with Gasteiger partial charge in [0.15, 0.2) is 28.4 Å². The van der Waals surface area contributed by atoms with Crippen LogP contribution in [0.3, 0.4) is 0 Å². The number of carbonyl (C=O) groups is 2. The normalized spacial score (nSPS) is 16.0. The van der Waals surface area contributed by atoms with Gasteiger partial charge in [-0.25, -0.2) is 23.1 Å². The van der Waals surface area contributed by atoms with Crippen LogP contribution in [0.4, 0.5) is 11.6 Å². The van der Waals surface area contributed by atoms with E-state index in [1.54, 1.807) is 0 Å². The third-order valence-corrected chi connectivity index (χ3v) is 8.14. The molecule has 1 aromatic heterocycles. The van der Waals surface area contributed by atoms with E-state index in [2.05, 4.69) is 30.2 Å². The van der Waals surface area contributed by atoms with Crippen molar-refractivity contribution >= 4 is 50.9 Å². The number of nitrogen functional groups attached to an aromatic ring is 2. The number of nitrogens with two attached hydrogens (primary N) is 2. The Morgan fingerprint density at radius 2 is 1.81 bits per heavy atom. The van der Waals surface area contributed by atoms with Crippen LogP contribution in [-0.2, 0) is 14.8 Å². The number of piperidine rings is 1. The largest absolute Gasteiger partial charge is 0.382 e. The number of unbranched alkanes of at least 4 members (excludes halogenated alkanes) is 1. The van der Waals surface area contributed by atoms with Gasteiger partial charge in [-0.3, -0.25) is 20.3 Å². The van der Waals surface area contributed by atoms with E-state index in [0.29, 0.717) is 32.5 Å². The zero-order valence-corrected chi connectivity index (χ0v) is 22.4. The Balaban J connectivity index is 1.67. The maximum absolute atomic E-state index is 12.7. The lowest BCUT2D eigenvalue weighted by Crippen LogP contribution is -2.50. The van der Waals surface area contributed by atoms with E-state index in [4.69, 9.17) is 28.5 Å². The average Bonchev–Trinajstić information content (AvgIpc) is 2.79. The predicted octanol–water partition coefficient (Wildman–Crippen LogP) is 0.326. The molecule has 1 aliphatic rings. The molecule has 0 saturated carbocycles. The van der Waals surface area contributed by atoms with Gasteiger partial charge in [-0.1, -0.05) is 25.4 Å². The molecule has 0 aromatic carbocycles. The topological polar surface area (TPSA) is 209 Å². The van der Waals surface area contributed by atoms with Gasteiger partial charge < -0.3 is 21.7 Å². The molecule has 0 spiro atoms. The number of aromatic nitrogens is 2. The van der Waals surface area contributed by atoms with Gasteiger partial charge in [0.1, 0.15) is 5.78 Å². The van der Waals surface area contributed by atoms with Gasteiger partial charge in [0.25, 0.3) is 5.91 Å². The van der Waals surface area contributed by atoms with E-state index in [0.717, 1.165) is 19.4 Å². The summed E-state index contributed by atoms with van der Waals surface area (Å²) in [7, 11) is -3.57. The third kappa shape index (κ3) is 8.54. The standard InChI is InChI=1S/C21H36ClN9O4S/c1-12(2)15(13(3)32)30-36(34,35)14-6-10-31(11-7-14)9-5-4-8-26-21(25)29-20(33)16-18(23)28-19(24)17(22)27-16/h12,14-15,30H,4-11H2,1-3H3,(H4,23,24,28)(H3,25,26,29,33)/t15-/m0/s1. The second kappa shape index (κ2) is 13.1. The van der Waals surface area contributed by atoms with Crippen molar-refractivity contribution in [1.82, 2.24) is 30.2 Å². The molecule has 13 nitrogen and oxygen atoms in total. The fourth-order valence-electron chi connectivity index (χ4n) is 3.90. The number of Topliss-reactive ketones (excluding diaryl/α,β-unsaturated/α-hetero) is 1. The number of amides is 1. The minimum atomic E-state index is -3.57. The summed E-state index contributed by atoms with van der Waals surface area (Å²) in [5.41, 5.74) is 10.9. The van der Waals surface area contributed by atoms with Crippen LogP contribution < -0.4 is 26.8 Å².